The number of rotatable bonds is 2. The van der Waals surface area contributed by atoms with Crippen molar-refractivity contribution in [2.24, 2.45) is 0 Å². The quantitative estimate of drug-likeness (QED) is 0.825. The van der Waals surface area contributed by atoms with E-state index in [1.54, 1.807) is 6.07 Å². The molecule has 78 valence electrons. The van der Waals surface area contributed by atoms with Gasteiger partial charge in [-0.15, -0.1) is 0 Å². The Morgan fingerprint density at radius 3 is 2.87 bits per heavy atom. The molecule has 15 heavy (non-hydrogen) atoms. The van der Waals surface area contributed by atoms with Gasteiger partial charge in [0.25, 0.3) is 0 Å². The topological polar surface area (TPSA) is 50.4 Å². The molecule has 1 atom stereocenters. The summed E-state index contributed by atoms with van der Waals surface area (Å²) >= 11 is 0. The molecule has 2 aromatic rings. The second-order valence-electron chi connectivity index (χ2n) is 3.35. The first-order valence-corrected chi connectivity index (χ1v) is 4.49. The van der Waals surface area contributed by atoms with Gasteiger partial charge in [-0.1, -0.05) is 0 Å². The second-order valence-corrected chi connectivity index (χ2v) is 3.35. The standard InChI is InChI=1S/C11H9FO3/c1-6(11(13)14)10-7-4-5-15-9(7)3-2-8(10)12/h2-6H,1H3,(H,13,14). The molecule has 0 saturated heterocycles. The molecule has 3 nitrogen and oxygen atoms in total. The summed E-state index contributed by atoms with van der Waals surface area (Å²) in [5.41, 5.74) is 0.674. The predicted molar refractivity (Wildman–Crippen MR) is 52.2 cm³/mol. The van der Waals surface area contributed by atoms with Crippen LogP contribution in [0.15, 0.2) is 28.9 Å². The van der Waals surface area contributed by atoms with Gasteiger partial charge in [-0.25, -0.2) is 4.39 Å². The zero-order valence-electron chi connectivity index (χ0n) is 8.03. The summed E-state index contributed by atoms with van der Waals surface area (Å²) in [7, 11) is 0. The molecule has 0 amide bonds. The van der Waals surface area contributed by atoms with Gasteiger partial charge < -0.3 is 9.52 Å². The molecular formula is C11H9FO3. The van der Waals surface area contributed by atoms with Crippen molar-refractivity contribution in [3.05, 3.63) is 35.8 Å². The fourth-order valence-electron chi connectivity index (χ4n) is 1.60. The third kappa shape index (κ3) is 1.48. The Morgan fingerprint density at radius 1 is 1.47 bits per heavy atom. The van der Waals surface area contributed by atoms with Gasteiger partial charge in [0.1, 0.15) is 11.4 Å². The number of aliphatic carboxylic acids is 1. The Balaban J connectivity index is 2.71. The lowest BCUT2D eigenvalue weighted by molar-refractivity contribution is -0.138. The van der Waals surface area contributed by atoms with E-state index >= 15 is 0 Å². The van der Waals surface area contributed by atoms with Crippen molar-refractivity contribution in [2.45, 2.75) is 12.8 Å². The Bertz CT molecular complexity index is 516. The van der Waals surface area contributed by atoms with E-state index in [4.69, 9.17) is 9.52 Å². The van der Waals surface area contributed by atoms with Gasteiger partial charge in [-0.05, 0) is 25.1 Å². The summed E-state index contributed by atoms with van der Waals surface area (Å²) in [4.78, 5) is 10.8. The molecule has 0 bridgehead atoms. The first-order chi connectivity index (χ1) is 7.11. The van der Waals surface area contributed by atoms with Crippen molar-refractivity contribution in [1.29, 1.82) is 0 Å². The molecule has 0 aliphatic heterocycles. The van der Waals surface area contributed by atoms with Crippen LogP contribution in [0, 0.1) is 5.82 Å². The maximum Gasteiger partial charge on any atom is 0.310 e. The van der Waals surface area contributed by atoms with Crippen LogP contribution < -0.4 is 0 Å². The van der Waals surface area contributed by atoms with Gasteiger partial charge in [0.2, 0.25) is 0 Å². The molecule has 2 rings (SSSR count). The normalized spacial score (nSPS) is 12.9. The lowest BCUT2D eigenvalue weighted by Crippen LogP contribution is -2.09. The Kier molecular flexibility index (Phi) is 2.19. The van der Waals surface area contributed by atoms with Gasteiger partial charge >= 0.3 is 5.97 Å². The van der Waals surface area contributed by atoms with Crippen molar-refractivity contribution < 1.29 is 18.7 Å². The van der Waals surface area contributed by atoms with Crippen LogP contribution in [0.25, 0.3) is 11.0 Å². The summed E-state index contributed by atoms with van der Waals surface area (Å²) < 4.78 is 18.6. The van der Waals surface area contributed by atoms with Crippen molar-refractivity contribution >= 4 is 16.9 Å². The molecule has 1 N–H and O–H groups in total. The van der Waals surface area contributed by atoms with E-state index in [0.29, 0.717) is 11.0 Å². The lowest BCUT2D eigenvalue weighted by atomic mass is 9.97. The first-order valence-electron chi connectivity index (χ1n) is 4.49. The maximum absolute atomic E-state index is 13.5. The minimum Gasteiger partial charge on any atom is -0.481 e. The number of carboxylic acids is 1. The van der Waals surface area contributed by atoms with Crippen LogP contribution in [0.3, 0.4) is 0 Å². The third-order valence-electron chi connectivity index (χ3n) is 2.43. The van der Waals surface area contributed by atoms with Gasteiger partial charge in [0.15, 0.2) is 0 Å². The number of fused-ring (bicyclic) bond motifs is 1. The molecule has 0 fully saturated rings. The largest absolute Gasteiger partial charge is 0.481 e. The predicted octanol–water partition coefficient (Wildman–Crippen LogP) is 2.76. The molecule has 1 aromatic carbocycles. The number of furan rings is 1. The summed E-state index contributed by atoms with van der Waals surface area (Å²) in [5, 5.41) is 9.38. The fourth-order valence-corrected chi connectivity index (χ4v) is 1.60. The van der Waals surface area contributed by atoms with Crippen LogP contribution in [-0.2, 0) is 4.79 Å². The third-order valence-corrected chi connectivity index (χ3v) is 2.43. The van der Waals surface area contributed by atoms with Gasteiger partial charge in [-0.3, -0.25) is 4.79 Å². The molecule has 4 heteroatoms. The van der Waals surface area contributed by atoms with E-state index in [1.807, 2.05) is 0 Å². The number of benzene rings is 1. The maximum atomic E-state index is 13.5. The van der Waals surface area contributed by atoms with Crippen LogP contribution in [-0.4, -0.2) is 11.1 Å². The zero-order chi connectivity index (χ0) is 11.0. The monoisotopic (exact) mass is 208 g/mol. The van der Waals surface area contributed by atoms with Crippen LogP contribution in [0.2, 0.25) is 0 Å². The molecule has 1 unspecified atom stereocenters. The van der Waals surface area contributed by atoms with Crippen LogP contribution in [0.4, 0.5) is 4.39 Å². The van der Waals surface area contributed by atoms with Crippen LogP contribution in [0.1, 0.15) is 18.4 Å². The van der Waals surface area contributed by atoms with Gasteiger partial charge in [0.05, 0.1) is 12.2 Å². The molecule has 1 aromatic heterocycles. The minimum absolute atomic E-state index is 0.175. The highest BCUT2D eigenvalue weighted by molar-refractivity contribution is 5.87. The molecular weight excluding hydrogens is 199 g/mol. The fraction of sp³-hybridized carbons (Fsp3) is 0.182. The van der Waals surface area contributed by atoms with E-state index in [2.05, 4.69) is 0 Å². The lowest BCUT2D eigenvalue weighted by Gasteiger charge is -2.08. The molecule has 0 radical (unpaired) electrons. The number of carboxylic acid groups (broad SMARTS) is 1. The number of halogens is 1. The van der Waals surface area contributed by atoms with Crippen molar-refractivity contribution in [3.8, 4) is 0 Å². The van der Waals surface area contributed by atoms with E-state index in [1.165, 1.54) is 25.3 Å². The Hall–Kier alpha value is -1.84. The minimum atomic E-state index is -1.05. The average Bonchev–Trinajstić information content (AvgIpc) is 2.64. The highest BCUT2D eigenvalue weighted by atomic mass is 19.1. The smallest absolute Gasteiger partial charge is 0.310 e. The van der Waals surface area contributed by atoms with E-state index in [-0.39, 0.29) is 5.56 Å². The summed E-state index contributed by atoms with van der Waals surface area (Å²) in [5.74, 6) is -2.45. The molecule has 0 saturated carbocycles. The van der Waals surface area contributed by atoms with Crippen LogP contribution >= 0.6 is 0 Å². The summed E-state index contributed by atoms with van der Waals surface area (Å²) in [6.45, 7) is 1.45. The molecule has 0 aliphatic rings. The van der Waals surface area contributed by atoms with E-state index in [0.717, 1.165) is 0 Å². The summed E-state index contributed by atoms with van der Waals surface area (Å²) in [6, 6.07) is 4.29. The Morgan fingerprint density at radius 2 is 2.20 bits per heavy atom. The SMILES string of the molecule is CC(C(=O)O)c1c(F)ccc2occc12. The highest BCUT2D eigenvalue weighted by Gasteiger charge is 2.21. The summed E-state index contributed by atoms with van der Waals surface area (Å²) in [6.07, 6.45) is 1.42. The highest BCUT2D eigenvalue weighted by Crippen LogP contribution is 2.29. The van der Waals surface area contributed by atoms with Gasteiger partial charge in [0, 0.05) is 10.9 Å². The zero-order valence-corrected chi connectivity index (χ0v) is 8.03. The van der Waals surface area contributed by atoms with Crippen LogP contribution in [0.5, 0.6) is 0 Å². The van der Waals surface area contributed by atoms with Crippen molar-refractivity contribution in [1.82, 2.24) is 0 Å². The van der Waals surface area contributed by atoms with E-state index in [9.17, 15) is 9.18 Å². The van der Waals surface area contributed by atoms with Crippen molar-refractivity contribution in [3.63, 3.8) is 0 Å². The molecule has 0 spiro atoms. The molecule has 1 heterocycles. The number of hydrogen-bond acceptors (Lipinski definition) is 2. The first kappa shape index (κ1) is 9.71. The number of hydrogen-bond donors (Lipinski definition) is 1. The Labute approximate surface area is 85.1 Å². The average molecular weight is 208 g/mol. The van der Waals surface area contributed by atoms with Crippen molar-refractivity contribution in [2.75, 3.05) is 0 Å². The number of carbonyl (C=O) groups is 1. The van der Waals surface area contributed by atoms with Gasteiger partial charge in [-0.2, -0.15) is 0 Å². The second kappa shape index (κ2) is 3.38. The van der Waals surface area contributed by atoms with E-state index < -0.39 is 17.7 Å². The molecule has 0 aliphatic carbocycles.